The minimum absolute atomic E-state index is 0. The normalized spacial score (nSPS) is 12.2. The molecule has 0 fully saturated rings. The summed E-state index contributed by atoms with van der Waals surface area (Å²) in [5.74, 6) is -3.54. The van der Waals surface area contributed by atoms with E-state index in [4.69, 9.17) is 20.4 Å². The average molecular weight is 222 g/mol. The van der Waals surface area contributed by atoms with Crippen LogP contribution in [0.5, 0.6) is 0 Å². The number of aliphatic hydroxyl groups excluding tert-OH is 2. The van der Waals surface area contributed by atoms with E-state index in [0.717, 1.165) is 0 Å². The molecule has 6 nitrogen and oxygen atoms in total. The summed E-state index contributed by atoms with van der Waals surface area (Å²) in [6.07, 6.45) is -4.53. The summed E-state index contributed by atoms with van der Waals surface area (Å²) in [7, 11) is 0. The topological polar surface area (TPSA) is 115 Å². The summed E-state index contributed by atoms with van der Waals surface area (Å²) in [5.41, 5.74) is 0. The first-order valence-corrected chi connectivity index (χ1v) is 2.28. The van der Waals surface area contributed by atoms with Crippen LogP contribution in [0.4, 0.5) is 0 Å². The molecule has 13 heavy (non-hydrogen) atoms. The van der Waals surface area contributed by atoms with Crippen LogP contribution in [0, 0.1) is 0 Å². The van der Waals surface area contributed by atoms with Crippen molar-refractivity contribution in [2.24, 2.45) is 0 Å². The first-order chi connectivity index (χ1) is 4.46. The molecule has 4 N–H and O–H groups in total. The fraction of sp³-hybridized carbons (Fsp3) is 0.500. The Morgan fingerprint density at radius 1 is 0.846 bits per heavy atom. The molecule has 0 aromatic rings. The van der Waals surface area contributed by atoms with Gasteiger partial charge in [0.2, 0.25) is 0 Å². The van der Waals surface area contributed by atoms with Crippen LogP contribution in [0.15, 0.2) is 0 Å². The Morgan fingerprint density at radius 2 is 1.00 bits per heavy atom. The Bertz CT molecular complexity index is 155. The third-order valence-corrected chi connectivity index (χ3v) is 0.805. The van der Waals surface area contributed by atoms with Crippen LogP contribution in [0.2, 0.25) is 0 Å². The molecule has 0 aromatic heterocycles. The van der Waals surface area contributed by atoms with Crippen LogP contribution in [0.3, 0.4) is 0 Å². The largest absolute Gasteiger partial charge is 1.00 e. The van der Waals surface area contributed by atoms with Crippen LogP contribution in [-0.2, 0) is 9.59 Å². The standard InChI is InChI=1S/C4H6O6.3Na.3H/c5-1(3(7)8)2(6)4(9)10;;;;;;/h1-2,5-6H,(H,7,8)(H,9,10);;;;;;/q;3*+1;3*-1. The van der Waals surface area contributed by atoms with Gasteiger partial charge in [-0.15, -0.1) is 0 Å². The molecule has 0 radical (unpaired) electrons. The van der Waals surface area contributed by atoms with Gasteiger partial charge in [-0.2, -0.15) is 0 Å². The fourth-order valence-electron chi connectivity index (χ4n) is 0.270. The van der Waals surface area contributed by atoms with Crippen LogP contribution in [-0.4, -0.2) is 44.6 Å². The maximum Gasteiger partial charge on any atom is 1.00 e. The van der Waals surface area contributed by atoms with Gasteiger partial charge in [0.1, 0.15) is 0 Å². The van der Waals surface area contributed by atoms with Gasteiger partial charge in [-0.25, -0.2) is 9.59 Å². The average Bonchev–Trinajstić information content (AvgIpc) is 1.84. The van der Waals surface area contributed by atoms with Gasteiger partial charge in [-0.3, -0.25) is 0 Å². The molecule has 2 unspecified atom stereocenters. The summed E-state index contributed by atoms with van der Waals surface area (Å²) in [6, 6.07) is 0. The molecule has 9 heteroatoms. The van der Waals surface area contributed by atoms with E-state index in [-0.39, 0.29) is 93.0 Å². The number of rotatable bonds is 3. The zero-order chi connectivity index (χ0) is 8.31. The van der Waals surface area contributed by atoms with Gasteiger partial charge in [-0.1, -0.05) is 0 Å². The van der Waals surface area contributed by atoms with E-state index < -0.39 is 24.1 Å². The van der Waals surface area contributed by atoms with Gasteiger partial charge in [0.25, 0.3) is 0 Å². The summed E-state index contributed by atoms with van der Waals surface area (Å²) >= 11 is 0. The molecule has 0 aliphatic heterocycles. The Balaban J connectivity index is -0.0000000270. The van der Waals surface area contributed by atoms with Crippen LogP contribution >= 0.6 is 0 Å². The maximum atomic E-state index is 9.77. The van der Waals surface area contributed by atoms with E-state index in [1.807, 2.05) is 0 Å². The number of hydrogen-bond donors (Lipinski definition) is 4. The zero-order valence-electron chi connectivity index (χ0n) is 10.8. The molecule has 0 heterocycles. The summed E-state index contributed by atoms with van der Waals surface area (Å²) < 4.78 is 0. The molecule has 64 valence electrons. The predicted octanol–water partition coefficient (Wildman–Crippen LogP) is -10.8. The summed E-state index contributed by atoms with van der Waals surface area (Å²) in [6.45, 7) is 0. The monoisotopic (exact) mass is 222 g/mol. The first-order valence-electron chi connectivity index (χ1n) is 2.28. The van der Waals surface area contributed by atoms with Crippen molar-refractivity contribution in [3.8, 4) is 0 Å². The summed E-state index contributed by atoms with van der Waals surface area (Å²) in [4.78, 5) is 19.5. The van der Waals surface area contributed by atoms with Gasteiger partial charge >= 0.3 is 101 Å². The van der Waals surface area contributed by atoms with E-state index in [0.29, 0.717) is 0 Å². The van der Waals surface area contributed by atoms with E-state index in [9.17, 15) is 9.59 Å². The second kappa shape index (κ2) is 11.9. The minimum atomic E-state index is -2.27. The third-order valence-electron chi connectivity index (χ3n) is 0.805. The SMILES string of the molecule is O=C(O)C(O)C(O)C(=O)O.[H-].[H-].[H-].[Na+].[Na+].[Na+]. The molecule has 0 aromatic carbocycles. The van der Waals surface area contributed by atoms with Crippen molar-refractivity contribution in [2.45, 2.75) is 12.2 Å². The maximum absolute atomic E-state index is 9.77. The molecule has 0 amide bonds. The van der Waals surface area contributed by atoms with Crippen molar-refractivity contribution in [2.75, 3.05) is 0 Å². The van der Waals surface area contributed by atoms with E-state index in [1.165, 1.54) is 0 Å². The van der Waals surface area contributed by atoms with Crippen molar-refractivity contribution in [3.63, 3.8) is 0 Å². The molecule has 0 saturated heterocycles. The van der Waals surface area contributed by atoms with Crippen LogP contribution in [0.25, 0.3) is 0 Å². The Morgan fingerprint density at radius 3 is 1.08 bits per heavy atom. The van der Waals surface area contributed by atoms with Crippen molar-refractivity contribution >= 4 is 11.9 Å². The van der Waals surface area contributed by atoms with E-state index >= 15 is 0 Å². The number of carboxylic acids is 2. The Labute approximate surface area is 145 Å². The molecule has 0 aliphatic rings. The number of hydrogen-bond acceptors (Lipinski definition) is 4. The fourth-order valence-corrected chi connectivity index (χ4v) is 0.270. The van der Waals surface area contributed by atoms with Gasteiger partial charge in [0, 0.05) is 0 Å². The van der Waals surface area contributed by atoms with Crippen molar-refractivity contribution < 1.29 is 123 Å². The molecular weight excluding hydrogens is 213 g/mol. The van der Waals surface area contributed by atoms with Gasteiger partial charge in [-0.05, 0) is 0 Å². The van der Waals surface area contributed by atoms with Gasteiger partial charge < -0.3 is 24.7 Å². The Kier molecular flexibility index (Phi) is 22.2. The smallest absolute Gasteiger partial charge is 1.00 e. The second-order valence-electron chi connectivity index (χ2n) is 1.57. The third kappa shape index (κ3) is 10.1. The molecule has 0 spiro atoms. The number of aliphatic hydroxyl groups is 2. The predicted molar refractivity (Wildman–Crippen MR) is 30.6 cm³/mol. The minimum Gasteiger partial charge on any atom is -1.00 e. The molecule has 0 rings (SSSR count). The Hall–Kier alpha value is 1.86. The molecule has 2 atom stereocenters. The molecule has 0 saturated carbocycles. The number of aliphatic carboxylic acids is 2. The van der Waals surface area contributed by atoms with Crippen molar-refractivity contribution in [1.29, 1.82) is 0 Å². The van der Waals surface area contributed by atoms with Gasteiger partial charge in [0.05, 0.1) is 0 Å². The zero-order valence-corrected chi connectivity index (χ0v) is 13.8. The van der Waals surface area contributed by atoms with E-state index in [2.05, 4.69) is 0 Å². The molecule has 0 bridgehead atoms. The molecule has 0 aliphatic carbocycles. The van der Waals surface area contributed by atoms with E-state index in [1.54, 1.807) is 0 Å². The second-order valence-corrected chi connectivity index (χ2v) is 1.57. The summed E-state index contributed by atoms with van der Waals surface area (Å²) in [5, 5.41) is 32.5. The number of carbonyl (C=O) groups is 2. The van der Waals surface area contributed by atoms with Crippen molar-refractivity contribution in [1.82, 2.24) is 0 Å². The van der Waals surface area contributed by atoms with Crippen LogP contribution in [0.1, 0.15) is 4.28 Å². The number of carboxylic acid groups (broad SMARTS) is 2. The molecular formula is C4H9Na3O6. The first kappa shape index (κ1) is 24.2. The quantitative estimate of drug-likeness (QED) is 0.352. The van der Waals surface area contributed by atoms with Gasteiger partial charge in [0.15, 0.2) is 12.2 Å². The van der Waals surface area contributed by atoms with Crippen LogP contribution < -0.4 is 88.7 Å². The van der Waals surface area contributed by atoms with Crippen molar-refractivity contribution in [3.05, 3.63) is 0 Å².